The van der Waals surface area contributed by atoms with Crippen molar-refractivity contribution < 1.29 is 19.1 Å². The Labute approximate surface area is 104 Å². The van der Waals surface area contributed by atoms with E-state index < -0.39 is 5.97 Å². The Morgan fingerprint density at radius 2 is 2.17 bits per heavy atom. The Morgan fingerprint density at radius 1 is 1.44 bits per heavy atom. The SMILES string of the molecule is CN(CCC(=O)O)C(=O)C=Cc1cccc(F)c1. The summed E-state index contributed by atoms with van der Waals surface area (Å²) in [7, 11) is 1.52. The first kappa shape index (κ1) is 13.9. The molecule has 1 aromatic rings. The summed E-state index contributed by atoms with van der Waals surface area (Å²) in [5.41, 5.74) is 0.579. The minimum Gasteiger partial charge on any atom is -0.481 e. The number of aliphatic carboxylic acids is 1. The highest BCUT2D eigenvalue weighted by Gasteiger charge is 2.06. The van der Waals surface area contributed by atoms with Gasteiger partial charge in [0.05, 0.1) is 6.42 Å². The van der Waals surface area contributed by atoms with Crippen LogP contribution in [-0.2, 0) is 9.59 Å². The lowest BCUT2D eigenvalue weighted by molar-refractivity contribution is -0.137. The van der Waals surface area contributed by atoms with Crippen molar-refractivity contribution in [2.45, 2.75) is 6.42 Å². The van der Waals surface area contributed by atoms with E-state index in [1.54, 1.807) is 12.1 Å². The topological polar surface area (TPSA) is 57.6 Å². The van der Waals surface area contributed by atoms with Crippen LogP contribution in [0.5, 0.6) is 0 Å². The second-order valence-corrected chi connectivity index (χ2v) is 3.79. The maximum Gasteiger partial charge on any atom is 0.305 e. The van der Waals surface area contributed by atoms with Crippen LogP contribution in [0.1, 0.15) is 12.0 Å². The van der Waals surface area contributed by atoms with Gasteiger partial charge in [-0.1, -0.05) is 12.1 Å². The van der Waals surface area contributed by atoms with Crippen molar-refractivity contribution in [3.8, 4) is 0 Å². The van der Waals surface area contributed by atoms with Gasteiger partial charge in [-0.2, -0.15) is 0 Å². The zero-order valence-corrected chi connectivity index (χ0v) is 9.97. The van der Waals surface area contributed by atoms with Gasteiger partial charge in [0.15, 0.2) is 0 Å². The first-order chi connectivity index (χ1) is 8.49. The van der Waals surface area contributed by atoms with Crippen molar-refractivity contribution in [1.29, 1.82) is 0 Å². The zero-order chi connectivity index (χ0) is 13.5. The zero-order valence-electron chi connectivity index (χ0n) is 9.97. The van der Waals surface area contributed by atoms with Crippen LogP contribution >= 0.6 is 0 Å². The molecule has 18 heavy (non-hydrogen) atoms. The number of carbonyl (C=O) groups is 2. The van der Waals surface area contributed by atoms with Gasteiger partial charge in [0, 0.05) is 19.7 Å². The first-order valence-electron chi connectivity index (χ1n) is 5.39. The molecule has 0 saturated carbocycles. The minimum absolute atomic E-state index is 0.101. The number of likely N-dealkylation sites (N-methyl/N-ethyl adjacent to an activating group) is 1. The Hall–Kier alpha value is -2.17. The lowest BCUT2D eigenvalue weighted by Crippen LogP contribution is -2.27. The molecular weight excluding hydrogens is 237 g/mol. The van der Waals surface area contributed by atoms with Crippen molar-refractivity contribution in [2.75, 3.05) is 13.6 Å². The molecule has 0 spiro atoms. The fourth-order valence-electron chi connectivity index (χ4n) is 1.28. The standard InChI is InChI=1S/C13H14FNO3/c1-15(8-7-13(17)18)12(16)6-5-10-3-2-4-11(14)9-10/h2-6,9H,7-8H2,1H3,(H,17,18). The number of hydrogen-bond donors (Lipinski definition) is 1. The molecule has 0 aliphatic rings. The Bertz CT molecular complexity index is 471. The van der Waals surface area contributed by atoms with Gasteiger partial charge in [0.25, 0.3) is 0 Å². The summed E-state index contributed by atoms with van der Waals surface area (Å²) >= 11 is 0. The number of halogens is 1. The summed E-state index contributed by atoms with van der Waals surface area (Å²) in [6.45, 7) is 0.141. The third kappa shape index (κ3) is 4.78. The van der Waals surface area contributed by atoms with Gasteiger partial charge >= 0.3 is 5.97 Å². The van der Waals surface area contributed by atoms with Crippen LogP contribution in [0.3, 0.4) is 0 Å². The Balaban J connectivity index is 2.56. The van der Waals surface area contributed by atoms with Gasteiger partial charge in [0.1, 0.15) is 5.82 Å². The van der Waals surface area contributed by atoms with E-state index in [-0.39, 0.29) is 24.7 Å². The lowest BCUT2D eigenvalue weighted by Gasteiger charge is -2.13. The number of amides is 1. The molecule has 0 saturated heterocycles. The van der Waals surface area contributed by atoms with Crippen molar-refractivity contribution >= 4 is 18.0 Å². The van der Waals surface area contributed by atoms with Gasteiger partial charge in [-0.15, -0.1) is 0 Å². The number of carboxylic acids is 1. The van der Waals surface area contributed by atoms with E-state index in [9.17, 15) is 14.0 Å². The molecule has 0 heterocycles. The maximum absolute atomic E-state index is 12.9. The number of rotatable bonds is 5. The van der Waals surface area contributed by atoms with Crippen LogP contribution in [0.4, 0.5) is 4.39 Å². The summed E-state index contributed by atoms with van der Waals surface area (Å²) in [5, 5.41) is 8.48. The van der Waals surface area contributed by atoms with E-state index in [0.717, 1.165) is 0 Å². The minimum atomic E-state index is -0.955. The van der Waals surface area contributed by atoms with E-state index in [0.29, 0.717) is 5.56 Å². The number of benzene rings is 1. The molecule has 1 aromatic carbocycles. The summed E-state index contributed by atoms with van der Waals surface area (Å²) < 4.78 is 12.9. The van der Waals surface area contributed by atoms with Gasteiger partial charge in [0.2, 0.25) is 5.91 Å². The van der Waals surface area contributed by atoms with Gasteiger partial charge in [-0.3, -0.25) is 9.59 Å². The normalized spacial score (nSPS) is 10.6. The fourth-order valence-corrected chi connectivity index (χ4v) is 1.28. The highest BCUT2D eigenvalue weighted by molar-refractivity contribution is 5.91. The largest absolute Gasteiger partial charge is 0.481 e. The van der Waals surface area contributed by atoms with Crippen LogP contribution < -0.4 is 0 Å². The predicted octanol–water partition coefficient (Wildman–Crippen LogP) is 1.77. The van der Waals surface area contributed by atoms with Crippen molar-refractivity contribution in [1.82, 2.24) is 4.90 Å². The molecule has 0 aromatic heterocycles. The molecule has 0 bridgehead atoms. The fraction of sp³-hybridized carbons (Fsp3) is 0.231. The molecule has 1 N–H and O–H groups in total. The molecule has 0 atom stereocenters. The average Bonchev–Trinajstić information content (AvgIpc) is 2.33. The summed E-state index contributed by atoms with van der Waals surface area (Å²) in [4.78, 5) is 23.2. The summed E-state index contributed by atoms with van der Waals surface area (Å²) in [6, 6.07) is 5.84. The highest BCUT2D eigenvalue weighted by atomic mass is 19.1. The average molecular weight is 251 g/mol. The van der Waals surface area contributed by atoms with E-state index in [2.05, 4.69) is 0 Å². The predicted molar refractivity (Wildman–Crippen MR) is 65.3 cm³/mol. The Morgan fingerprint density at radius 3 is 2.78 bits per heavy atom. The van der Waals surface area contributed by atoms with Crippen molar-refractivity contribution in [3.05, 3.63) is 41.7 Å². The molecule has 5 heteroatoms. The second kappa shape index (κ2) is 6.54. The van der Waals surface area contributed by atoms with E-state index >= 15 is 0 Å². The first-order valence-corrected chi connectivity index (χ1v) is 5.39. The molecule has 0 aliphatic carbocycles. The molecule has 96 valence electrons. The molecule has 4 nitrogen and oxygen atoms in total. The van der Waals surface area contributed by atoms with E-state index in [4.69, 9.17) is 5.11 Å². The molecule has 0 unspecified atom stereocenters. The maximum atomic E-state index is 12.9. The molecule has 0 fully saturated rings. The highest BCUT2D eigenvalue weighted by Crippen LogP contribution is 2.05. The molecule has 1 amide bonds. The van der Waals surface area contributed by atoms with E-state index in [1.165, 1.54) is 36.2 Å². The number of hydrogen-bond acceptors (Lipinski definition) is 2. The lowest BCUT2D eigenvalue weighted by atomic mass is 10.2. The van der Waals surface area contributed by atoms with Crippen LogP contribution in [0.2, 0.25) is 0 Å². The third-order valence-electron chi connectivity index (χ3n) is 2.30. The quantitative estimate of drug-likeness (QED) is 0.811. The molecule has 0 aliphatic heterocycles. The summed E-state index contributed by atoms with van der Waals surface area (Å²) in [5.74, 6) is -1.65. The molecule has 1 rings (SSSR count). The van der Waals surface area contributed by atoms with Crippen LogP contribution in [-0.4, -0.2) is 35.5 Å². The van der Waals surface area contributed by atoms with E-state index in [1.807, 2.05) is 0 Å². The summed E-state index contributed by atoms with van der Waals surface area (Å²) in [6.07, 6.45) is 2.68. The van der Waals surface area contributed by atoms with Gasteiger partial charge in [-0.25, -0.2) is 4.39 Å². The smallest absolute Gasteiger partial charge is 0.305 e. The van der Waals surface area contributed by atoms with Crippen molar-refractivity contribution in [2.24, 2.45) is 0 Å². The molecular formula is C13H14FNO3. The second-order valence-electron chi connectivity index (χ2n) is 3.79. The number of nitrogens with zero attached hydrogens (tertiary/aromatic N) is 1. The molecule has 0 radical (unpaired) electrons. The Kier molecular flexibility index (Phi) is 5.05. The number of carbonyl (C=O) groups excluding carboxylic acids is 1. The van der Waals surface area contributed by atoms with Crippen LogP contribution in [0, 0.1) is 5.82 Å². The van der Waals surface area contributed by atoms with Gasteiger partial charge in [-0.05, 0) is 23.8 Å². The number of carboxylic acid groups (broad SMARTS) is 1. The monoisotopic (exact) mass is 251 g/mol. The van der Waals surface area contributed by atoms with Gasteiger partial charge < -0.3 is 10.0 Å². The third-order valence-corrected chi connectivity index (χ3v) is 2.30. The van der Waals surface area contributed by atoms with Crippen molar-refractivity contribution in [3.63, 3.8) is 0 Å². The van der Waals surface area contributed by atoms with Crippen LogP contribution in [0.15, 0.2) is 30.3 Å². The van der Waals surface area contributed by atoms with Crippen LogP contribution in [0.25, 0.3) is 6.08 Å².